The smallest absolute Gasteiger partial charge is 0.274 e. The van der Waals surface area contributed by atoms with Crippen LogP contribution in [0.1, 0.15) is 66.7 Å². The molecular formula is C19H30N4O. The van der Waals surface area contributed by atoms with Gasteiger partial charge in [0.15, 0.2) is 5.69 Å². The van der Waals surface area contributed by atoms with E-state index in [9.17, 15) is 4.79 Å². The average Bonchev–Trinajstić information content (AvgIpc) is 3.14. The van der Waals surface area contributed by atoms with Crippen LogP contribution in [0, 0.1) is 5.92 Å². The lowest BCUT2D eigenvalue weighted by Crippen LogP contribution is -2.37. The summed E-state index contributed by atoms with van der Waals surface area (Å²) in [6.07, 6.45) is 11.3. The number of aryl methyl sites for hydroxylation is 1. The van der Waals surface area contributed by atoms with E-state index in [0.717, 1.165) is 57.8 Å². The van der Waals surface area contributed by atoms with Crippen molar-refractivity contribution in [1.29, 1.82) is 0 Å². The maximum absolute atomic E-state index is 12.9. The number of H-pyrrole nitrogens is 1. The SMILES string of the molecule is O=C(c1n[nH]c2c1CCC2)N1CCCN(CC2CCCCC2)CC1. The zero-order chi connectivity index (χ0) is 16.4. The van der Waals surface area contributed by atoms with Crippen molar-refractivity contribution in [3.63, 3.8) is 0 Å². The van der Waals surface area contributed by atoms with E-state index in [0.29, 0.717) is 5.69 Å². The molecule has 1 saturated carbocycles. The fourth-order valence-corrected chi connectivity index (χ4v) is 4.74. The zero-order valence-electron chi connectivity index (χ0n) is 14.7. The molecule has 2 aliphatic carbocycles. The van der Waals surface area contributed by atoms with Gasteiger partial charge in [-0.05, 0) is 51.0 Å². The van der Waals surface area contributed by atoms with Gasteiger partial charge in [0.1, 0.15) is 0 Å². The van der Waals surface area contributed by atoms with Gasteiger partial charge in [0.2, 0.25) is 0 Å². The standard InChI is InChI=1S/C19H30N4O/c24-19(18-16-8-4-9-17(16)20-21-18)23-11-5-10-22(12-13-23)14-15-6-2-1-3-7-15/h15H,1-14H2,(H,20,21). The molecule has 1 saturated heterocycles. The van der Waals surface area contributed by atoms with Gasteiger partial charge in [-0.2, -0.15) is 5.10 Å². The molecule has 0 radical (unpaired) electrons. The summed E-state index contributed by atoms with van der Waals surface area (Å²) in [5, 5.41) is 7.40. The summed E-state index contributed by atoms with van der Waals surface area (Å²) in [6.45, 7) is 5.13. The molecule has 1 aromatic rings. The lowest BCUT2D eigenvalue weighted by Gasteiger charge is -2.28. The first-order chi connectivity index (χ1) is 11.8. The van der Waals surface area contributed by atoms with Crippen LogP contribution in [0.4, 0.5) is 0 Å². The van der Waals surface area contributed by atoms with Crippen molar-refractivity contribution in [2.45, 2.75) is 57.8 Å². The second-order valence-electron chi connectivity index (χ2n) is 7.83. The minimum absolute atomic E-state index is 0.147. The molecule has 5 heteroatoms. The highest BCUT2D eigenvalue weighted by molar-refractivity contribution is 5.94. The summed E-state index contributed by atoms with van der Waals surface area (Å²) in [5.74, 6) is 1.03. The van der Waals surface area contributed by atoms with Gasteiger partial charge in [0.05, 0.1) is 0 Å². The molecule has 3 aliphatic rings. The molecule has 0 spiro atoms. The maximum atomic E-state index is 12.9. The number of amides is 1. The van der Waals surface area contributed by atoms with Gasteiger partial charge in [-0.15, -0.1) is 0 Å². The van der Waals surface area contributed by atoms with E-state index >= 15 is 0 Å². The lowest BCUT2D eigenvalue weighted by molar-refractivity contribution is 0.0753. The molecule has 132 valence electrons. The molecule has 0 atom stereocenters. The number of carbonyl (C=O) groups excluding carboxylic acids is 1. The van der Waals surface area contributed by atoms with Gasteiger partial charge >= 0.3 is 0 Å². The molecule has 4 rings (SSSR count). The van der Waals surface area contributed by atoms with Crippen LogP contribution >= 0.6 is 0 Å². The predicted octanol–water partition coefficient (Wildman–Crippen LogP) is 2.63. The Morgan fingerprint density at radius 1 is 1.00 bits per heavy atom. The molecule has 1 N–H and O–H groups in total. The van der Waals surface area contributed by atoms with Crippen LogP contribution < -0.4 is 0 Å². The summed E-state index contributed by atoms with van der Waals surface area (Å²) in [4.78, 5) is 17.5. The summed E-state index contributed by atoms with van der Waals surface area (Å²) in [6, 6.07) is 0. The Bertz CT molecular complexity index is 576. The predicted molar refractivity (Wildman–Crippen MR) is 94.1 cm³/mol. The van der Waals surface area contributed by atoms with Crippen molar-refractivity contribution in [2.24, 2.45) is 5.92 Å². The third-order valence-corrected chi connectivity index (χ3v) is 6.13. The van der Waals surface area contributed by atoms with Gasteiger partial charge in [-0.25, -0.2) is 0 Å². The Morgan fingerprint density at radius 3 is 2.75 bits per heavy atom. The van der Waals surface area contributed by atoms with E-state index in [1.165, 1.54) is 49.9 Å². The Kier molecular flexibility index (Phi) is 4.88. The molecule has 0 bridgehead atoms. The van der Waals surface area contributed by atoms with E-state index in [1.807, 2.05) is 4.90 Å². The largest absolute Gasteiger partial charge is 0.336 e. The van der Waals surface area contributed by atoms with E-state index < -0.39 is 0 Å². The first-order valence-electron chi connectivity index (χ1n) is 9.89. The van der Waals surface area contributed by atoms with Gasteiger partial charge in [0, 0.05) is 37.4 Å². The van der Waals surface area contributed by atoms with E-state index in [4.69, 9.17) is 0 Å². The first-order valence-corrected chi connectivity index (χ1v) is 9.89. The minimum atomic E-state index is 0.147. The lowest BCUT2D eigenvalue weighted by atomic mass is 9.89. The highest BCUT2D eigenvalue weighted by Crippen LogP contribution is 2.26. The van der Waals surface area contributed by atoms with Crippen molar-refractivity contribution >= 4 is 5.91 Å². The summed E-state index contributed by atoms with van der Waals surface area (Å²) >= 11 is 0. The molecule has 0 aromatic carbocycles. The van der Waals surface area contributed by atoms with Gasteiger partial charge in [-0.1, -0.05) is 19.3 Å². The monoisotopic (exact) mass is 330 g/mol. The van der Waals surface area contributed by atoms with E-state index in [1.54, 1.807) is 0 Å². The number of nitrogens with one attached hydrogen (secondary N) is 1. The molecule has 1 amide bonds. The molecule has 24 heavy (non-hydrogen) atoms. The van der Waals surface area contributed by atoms with Crippen molar-refractivity contribution in [3.05, 3.63) is 17.0 Å². The van der Waals surface area contributed by atoms with E-state index in [-0.39, 0.29) is 5.91 Å². The number of rotatable bonds is 3. The third kappa shape index (κ3) is 3.37. The number of nitrogens with zero attached hydrogens (tertiary/aromatic N) is 3. The normalized spacial score (nSPS) is 23.2. The number of hydrogen-bond acceptors (Lipinski definition) is 3. The van der Waals surface area contributed by atoms with Gasteiger partial charge in [-0.3, -0.25) is 9.89 Å². The van der Waals surface area contributed by atoms with Crippen LogP contribution in [0.15, 0.2) is 0 Å². The summed E-state index contributed by atoms with van der Waals surface area (Å²) in [5.41, 5.74) is 3.07. The molecule has 1 aliphatic heterocycles. The van der Waals surface area contributed by atoms with Crippen molar-refractivity contribution in [2.75, 3.05) is 32.7 Å². The van der Waals surface area contributed by atoms with Crippen LogP contribution in [0.3, 0.4) is 0 Å². The second-order valence-corrected chi connectivity index (χ2v) is 7.83. The highest BCUT2D eigenvalue weighted by atomic mass is 16.2. The molecular weight excluding hydrogens is 300 g/mol. The fourth-order valence-electron chi connectivity index (χ4n) is 4.74. The molecule has 2 fully saturated rings. The highest BCUT2D eigenvalue weighted by Gasteiger charge is 2.28. The van der Waals surface area contributed by atoms with Gasteiger partial charge in [0.25, 0.3) is 5.91 Å². The van der Waals surface area contributed by atoms with Crippen LogP contribution in [-0.4, -0.2) is 58.6 Å². The fraction of sp³-hybridized carbons (Fsp3) is 0.789. The molecule has 0 unspecified atom stereocenters. The third-order valence-electron chi connectivity index (χ3n) is 6.13. The number of aromatic nitrogens is 2. The molecule has 5 nitrogen and oxygen atoms in total. The van der Waals surface area contributed by atoms with Crippen molar-refractivity contribution in [1.82, 2.24) is 20.0 Å². The van der Waals surface area contributed by atoms with Crippen molar-refractivity contribution in [3.8, 4) is 0 Å². The average molecular weight is 330 g/mol. The second kappa shape index (κ2) is 7.26. The first kappa shape index (κ1) is 16.1. The van der Waals surface area contributed by atoms with Crippen LogP contribution in [-0.2, 0) is 12.8 Å². The number of fused-ring (bicyclic) bond motifs is 1. The van der Waals surface area contributed by atoms with Crippen molar-refractivity contribution < 1.29 is 4.79 Å². The molecule has 1 aromatic heterocycles. The Balaban J connectivity index is 1.35. The van der Waals surface area contributed by atoms with Gasteiger partial charge < -0.3 is 9.80 Å². The summed E-state index contributed by atoms with van der Waals surface area (Å²) < 4.78 is 0. The van der Waals surface area contributed by atoms with Crippen LogP contribution in [0.25, 0.3) is 0 Å². The topological polar surface area (TPSA) is 52.2 Å². The van der Waals surface area contributed by atoms with E-state index in [2.05, 4.69) is 15.1 Å². The maximum Gasteiger partial charge on any atom is 0.274 e. The molecule has 2 heterocycles. The number of aromatic amines is 1. The minimum Gasteiger partial charge on any atom is -0.336 e. The number of carbonyl (C=O) groups is 1. The number of hydrogen-bond donors (Lipinski definition) is 1. The zero-order valence-corrected chi connectivity index (χ0v) is 14.7. The Morgan fingerprint density at radius 2 is 1.88 bits per heavy atom. The van der Waals surface area contributed by atoms with Crippen LogP contribution in [0.5, 0.6) is 0 Å². The summed E-state index contributed by atoms with van der Waals surface area (Å²) in [7, 11) is 0. The Hall–Kier alpha value is -1.36. The Labute approximate surface area is 144 Å². The quantitative estimate of drug-likeness (QED) is 0.927. The van der Waals surface area contributed by atoms with Crippen LogP contribution in [0.2, 0.25) is 0 Å².